The van der Waals surface area contributed by atoms with Crippen molar-refractivity contribution >= 4 is 39.8 Å². The van der Waals surface area contributed by atoms with Crippen LogP contribution < -0.4 is 4.90 Å². The first-order valence-electron chi connectivity index (χ1n) is 8.33. The fourth-order valence-electron chi connectivity index (χ4n) is 4.38. The molecule has 1 saturated heterocycles. The van der Waals surface area contributed by atoms with E-state index >= 15 is 0 Å². The summed E-state index contributed by atoms with van der Waals surface area (Å²) in [5.74, 6) is 1.08. The summed E-state index contributed by atoms with van der Waals surface area (Å²) in [5, 5.41) is 2.35. The smallest absolute Gasteiger partial charge is 0.143 e. The third kappa shape index (κ3) is 1.99. The molecule has 2 aliphatic rings. The van der Waals surface area contributed by atoms with Crippen LogP contribution in [0.1, 0.15) is 12.8 Å². The number of pyridine rings is 2. The first-order valence-corrected chi connectivity index (χ1v) is 9.48. The van der Waals surface area contributed by atoms with Crippen LogP contribution in [0.4, 0.5) is 5.82 Å². The third-order valence-electron chi connectivity index (χ3n) is 5.56. The molecule has 1 aliphatic heterocycles. The second-order valence-corrected chi connectivity index (χ2v) is 7.67. The Morgan fingerprint density at radius 3 is 2.83 bits per heavy atom. The van der Waals surface area contributed by atoms with Crippen LogP contribution >= 0.6 is 12.0 Å². The van der Waals surface area contributed by atoms with Crippen LogP contribution in [-0.4, -0.2) is 40.0 Å². The molecule has 5 rings (SSSR count). The second kappa shape index (κ2) is 5.10. The van der Waals surface area contributed by atoms with Gasteiger partial charge in [0.25, 0.3) is 0 Å². The maximum atomic E-state index is 5.63. The SMILES string of the molecule is CSOC1CC2(C1)CN(c1ccc3c4cnccc4n(C)c3n1)C2. The minimum Gasteiger partial charge on any atom is -0.355 e. The summed E-state index contributed by atoms with van der Waals surface area (Å²) in [7, 11) is 2.08. The molecule has 0 atom stereocenters. The van der Waals surface area contributed by atoms with E-state index in [2.05, 4.69) is 39.7 Å². The average Bonchev–Trinajstić information content (AvgIpc) is 2.82. The molecule has 3 aromatic rings. The molecule has 6 heteroatoms. The van der Waals surface area contributed by atoms with Crippen molar-refractivity contribution in [2.24, 2.45) is 12.5 Å². The number of rotatable bonds is 3. The van der Waals surface area contributed by atoms with Gasteiger partial charge in [-0.05, 0) is 43.1 Å². The molecular formula is C18H20N4OS. The molecule has 0 unspecified atom stereocenters. The van der Waals surface area contributed by atoms with Gasteiger partial charge in [-0.2, -0.15) is 0 Å². The molecule has 124 valence electrons. The summed E-state index contributed by atoms with van der Waals surface area (Å²) < 4.78 is 7.79. The number of fused-ring (bicyclic) bond motifs is 3. The van der Waals surface area contributed by atoms with Gasteiger partial charge in [-0.25, -0.2) is 4.98 Å². The van der Waals surface area contributed by atoms with Crippen molar-refractivity contribution in [1.82, 2.24) is 14.5 Å². The third-order valence-corrected chi connectivity index (χ3v) is 6.02. The van der Waals surface area contributed by atoms with Crippen LogP contribution in [0.15, 0.2) is 30.6 Å². The topological polar surface area (TPSA) is 43.2 Å². The molecule has 1 saturated carbocycles. The minimum atomic E-state index is 0.447. The molecule has 24 heavy (non-hydrogen) atoms. The Morgan fingerprint density at radius 2 is 2.04 bits per heavy atom. The van der Waals surface area contributed by atoms with Crippen molar-refractivity contribution in [1.29, 1.82) is 0 Å². The Labute approximate surface area is 145 Å². The normalized spacial score (nSPS) is 19.8. The zero-order valence-corrected chi connectivity index (χ0v) is 14.7. The number of nitrogens with zero attached hydrogens (tertiary/aromatic N) is 4. The highest BCUT2D eigenvalue weighted by molar-refractivity contribution is 7.93. The van der Waals surface area contributed by atoms with E-state index in [1.54, 1.807) is 0 Å². The Morgan fingerprint density at radius 1 is 1.21 bits per heavy atom. The van der Waals surface area contributed by atoms with Gasteiger partial charge in [-0.15, -0.1) is 0 Å². The highest BCUT2D eigenvalue weighted by Gasteiger charge is 2.53. The fraction of sp³-hybridized carbons (Fsp3) is 0.444. The van der Waals surface area contributed by atoms with Crippen molar-refractivity contribution in [2.45, 2.75) is 18.9 Å². The van der Waals surface area contributed by atoms with E-state index in [4.69, 9.17) is 9.17 Å². The van der Waals surface area contributed by atoms with Crippen molar-refractivity contribution < 1.29 is 4.18 Å². The standard InChI is InChI=1S/C18H20N4OS/c1-21-15-5-6-19-9-14(15)13-3-4-16(20-17(13)21)22-10-18(11-22)7-12(8-18)23-24-2/h3-6,9,12H,7-8,10-11H2,1-2H3. The number of anilines is 1. The first-order chi connectivity index (χ1) is 11.7. The van der Waals surface area contributed by atoms with Gasteiger partial charge < -0.3 is 13.7 Å². The molecule has 2 fully saturated rings. The lowest BCUT2D eigenvalue weighted by Crippen LogP contribution is -2.64. The highest BCUT2D eigenvalue weighted by atomic mass is 32.2. The van der Waals surface area contributed by atoms with E-state index in [0.29, 0.717) is 11.5 Å². The van der Waals surface area contributed by atoms with Crippen molar-refractivity contribution in [3.8, 4) is 0 Å². The van der Waals surface area contributed by atoms with E-state index in [1.807, 2.05) is 18.6 Å². The molecule has 0 aromatic carbocycles. The molecule has 3 aromatic heterocycles. The van der Waals surface area contributed by atoms with Gasteiger partial charge >= 0.3 is 0 Å². The summed E-state index contributed by atoms with van der Waals surface area (Å²) in [5.41, 5.74) is 2.69. The largest absolute Gasteiger partial charge is 0.355 e. The summed E-state index contributed by atoms with van der Waals surface area (Å²) >= 11 is 1.49. The maximum Gasteiger partial charge on any atom is 0.143 e. The highest BCUT2D eigenvalue weighted by Crippen LogP contribution is 2.51. The second-order valence-electron chi connectivity index (χ2n) is 7.14. The molecule has 0 N–H and O–H groups in total. The van der Waals surface area contributed by atoms with Gasteiger partial charge in [0, 0.05) is 55.0 Å². The van der Waals surface area contributed by atoms with E-state index < -0.39 is 0 Å². The number of hydrogen-bond donors (Lipinski definition) is 0. The summed E-state index contributed by atoms with van der Waals surface area (Å²) in [4.78, 5) is 11.6. The van der Waals surface area contributed by atoms with Gasteiger partial charge in [0.15, 0.2) is 0 Å². The molecule has 5 nitrogen and oxygen atoms in total. The number of hydrogen-bond acceptors (Lipinski definition) is 5. The van der Waals surface area contributed by atoms with E-state index in [1.165, 1.54) is 41.2 Å². The van der Waals surface area contributed by atoms with Gasteiger partial charge in [0.2, 0.25) is 0 Å². The van der Waals surface area contributed by atoms with Crippen LogP contribution in [0.25, 0.3) is 21.9 Å². The summed E-state index contributed by atoms with van der Waals surface area (Å²) in [6, 6.07) is 6.39. The predicted molar refractivity (Wildman–Crippen MR) is 98.3 cm³/mol. The monoisotopic (exact) mass is 340 g/mol. The van der Waals surface area contributed by atoms with Gasteiger partial charge in [-0.1, -0.05) is 0 Å². The lowest BCUT2D eigenvalue weighted by atomic mass is 9.62. The lowest BCUT2D eigenvalue weighted by molar-refractivity contribution is -0.0241. The molecule has 0 bridgehead atoms. The Balaban J connectivity index is 1.41. The van der Waals surface area contributed by atoms with E-state index in [-0.39, 0.29) is 0 Å². The summed E-state index contributed by atoms with van der Waals surface area (Å²) in [6.07, 6.45) is 8.58. The van der Waals surface area contributed by atoms with Crippen LogP contribution in [0.5, 0.6) is 0 Å². The minimum absolute atomic E-state index is 0.447. The molecule has 4 heterocycles. The number of aromatic nitrogens is 3. The fourth-order valence-corrected chi connectivity index (χ4v) is 4.78. The molecule has 0 amide bonds. The molecular weight excluding hydrogens is 320 g/mol. The Hall–Kier alpha value is -1.79. The lowest BCUT2D eigenvalue weighted by Gasteiger charge is -2.58. The molecule has 0 radical (unpaired) electrons. The van der Waals surface area contributed by atoms with Crippen molar-refractivity contribution in [3.63, 3.8) is 0 Å². The number of aryl methyl sites for hydroxylation is 1. The van der Waals surface area contributed by atoms with Crippen molar-refractivity contribution in [2.75, 3.05) is 24.2 Å². The zero-order valence-electron chi connectivity index (χ0n) is 13.9. The molecule has 1 aliphatic carbocycles. The van der Waals surface area contributed by atoms with Crippen LogP contribution in [0.3, 0.4) is 0 Å². The first kappa shape index (κ1) is 14.5. The van der Waals surface area contributed by atoms with E-state index in [0.717, 1.165) is 24.6 Å². The summed E-state index contributed by atoms with van der Waals surface area (Å²) in [6.45, 7) is 2.20. The average molecular weight is 340 g/mol. The predicted octanol–water partition coefficient (Wildman–Crippen LogP) is 3.38. The Kier molecular flexibility index (Phi) is 3.09. The van der Waals surface area contributed by atoms with Gasteiger partial charge in [-0.3, -0.25) is 4.98 Å². The van der Waals surface area contributed by atoms with Gasteiger partial charge in [0.1, 0.15) is 11.5 Å². The Bertz CT molecular complexity index is 923. The van der Waals surface area contributed by atoms with Gasteiger partial charge in [0.05, 0.1) is 11.6 Å². The van der Waals surface area contributed by atoms with Crippen LogP contribution in [0.2, 0.25) is 0 Å². The maximum absolute atomic E-state index is 5.63. The molecule has 1 spiro atoms. The van der Waals surface area contributed by atoms with Crippen molar-refractivity contribution in [3.05, 3.63) is 30.6 Å². The van der Waals surface area contributed by atoms with Crippen LogP contribution in [0, 0.1) is 5.41 Å². The van der Waals surface area contributed by atoms with Crippen LogP contribution in [-0.2, 0) is 11.2 Å². The quantitative estimate of drug-likeness (QED) is 0.684. The zero-order chi connectivity index (χ0) is 16.3. The van der Waals surface area contributed by atoms with E-state index in [9.17, 15) is 0 Å².